The van der Waals surface area contributed by atoms with Crippen LogP contribution >= 0.6 is 24.0 Å². The Hall–Kier alpha value is -2.30. The number of hydrogen-bond donors (Lipinski definition) is 2. The molecule has 176 valence electrons. The summed E-state index contributed by atoms with van der Waals surface area (Å²) >= 11 is 0. The van der Waals surface area contributed by atoms with Crippen LogP contribution in [0.5, 0.6) is 11.5 Å². The molecule has 2 aromatic carbocycles. The zero-order valence-corrected chi connectivity index (χ0v) is 20.7. The largest absolute Gasteiger partial charge is 0.495 e. The van der Waals surface area contributed by atoms with Gasteiger partial charge in [-0.15, -0.1) is 24.0 Å². The number of hydrogen-bond acceptors (Lipinski definition) is 4. The van der Waals surface area contributed by atoms with Gasteiger partial charge in [0.15, 0.2) is 5.96 Å². The van der Waals surface area contributed by atoms with Gasteiger partial charge in [0.05, 0.1) is 19.3 Å². The van der Waals surface area contributed by atoms with Crippen LogP contribution in [0.25, 0.3) is 0 Å². The molecule has 3 rings (SSSR count). The molecule has 1 fully saturated rings. The molecule has 0 amide bonds. The second-order valence-corrected chi connectivity index (χ2v) is 7.33. The lowest BCUT2D eigenvalue weighted by molar-refractivity contribution is -0.0504. The van der Waals surface area contributed by atoms with E-state index in [1.165, 1.54) is 6.07 Å². The van der Waals surface area contributed by atoms with Crippen LogP contribution in [0.15, 0.2) is 53.5 Å². The second-order valence-electron chi connectivity index (χ2n) is 7.33. The third kappa shape index (κ3) is 7.39. The Balaban J connectivity index is 0.00000363. The van der Waals surface area contributed by atoms with Gasteiger partial charge in [0.25, 0.3) is 0 Å². The highest BCUT2D eigenvalue weighted by atomic mass is 127. The molecule has 0 radical (unpaired) electrons. The summed E-state index contributed by atoms with van der Waals surface area (Å²) < 4.78 is 35.3. The predicted octanol–water partition coefficient (Wildman–Crippen LogP) is 4.50. The maximum absolute atomic E-state index is 12.6. The number of para-hydroxylation sites is 3. The molecule has 1 atom stereocenters. The second kappa shape index (κ2) is 13.3. The molecule has 0 spiro atoms. The van der Waals surface area contributed by atoms with Gasteiger partial charge in [0, 0.05) is 31.7 Å². The zero-order chi connectivity index (χ0) is 22.1. The fraction of sp³-hybridized carbons (Fsp3) is 0.435. The Kier molecular flexibility index (Phi) is 10.8. The molecule has 0 aromatic heterocycles. The summed E-state index contributed by atoms with van der Waals surface area (Å²) in [5.41, 5.74) is 1.73. The highest BCUT2D eigenvalue weighted by Gasteiger charge is 2.24. The standard InChI is InChI=1S/C23H30F2N4O2.HI/c1-3-26-23(28-15-18-8-4-6-10-20(18)31-22(24)25)27-14-17-12-13-29(16-17)19-9-5-7-11-21(19)30-2;/h4-11,17,22H,3,12-16H2,1-2H3,(H2,26,27,28);1H. The van der Waals surface area contributed by atoms with Crippen LogP contribution in [0, 0.1) is 5.92 Å². The van der Waals surface area contributed by atoms with Crippen LogP contribution in [0.1, 0.15) is 18.9 Å². The topological polar surface area (TPSA) is 58.1 Å². The fourth-order valence-corrected chi connectivity index (χ4v) is 3.70. The van der Waals surface area contributed by atoms with Crippen molar-refractivity contribution in [2.75, 3.05) is 38.2 Å². The number of rotatable bonds is 9. The lowest BCUT2D eigenvalue weighted by atomic mass is 10.1. The molecular weight excluding hydrogens is 529 g/mol. The van der Waals surface area contributed by atoms with Gasteiger partial charge in [0.2, 0.25) is 0 Å². The van der Waals surface area contributed by atoms with Gasteiger partial charge in [-0.1, -0.05) is 30.3 Å². The molecule has 9 heteroatoms. The summed E-state index contributed by atoms with van der Waals surface area (Å²) in [6.45, 7) is 2.76. The van der Waals surface area contributed by atoms with E-state index in [1.54, 1.807) is 25.3 Å². The Morgan fingerprint density at radius 1 is 1.12 bits per heavy atom. The smallest absolute Gasteiger partial charge is 0.387 e. The van der Waals surface area contributed by atoms with Gasteiger partial charge >= 0.3 is 6.61 Å². The number of aliphatic imine (C=N–C) groups is 1. The van der Waals surface area contributed by atoms with E-state index in [0.29, 0.717) is 24.0 Å². The van der Waals surface area contributed by atoms with E-state index in [2.05, 4.69) is 31.3 Å². The number of benzene rings is 2. The van der Waals surface area contributed by atoms with Crippen LogP contribution in [0.2, 0.25) is 0 Å². The van der Waals surface area contributed by atoms with Crippen molar-refractivity contribution < 1.29 is 18.3 Å². The van der Waals surface area contributed by atoms with E-state index in [4.69, 9.17) is 4.74 Å². The SMILES string of the molecule is CCNC(=NCc1ccccc1OC(F)F)NCC1CCN(c2ccccc2OC)C1.I. The van der Waals surface area contributed by atoms with Crippen molar-refractivity contribution in [2.45, 2.75) is 26.5 Å². The highest BCUT2D eigenvalue weighted by molar-refractivity contribution is 14.0. The van der Waals surface area contributed by atoms with E-state index in [9.17, 15) is 8.78 Å². The minimum atomic E-state index is -2.86. The maximum Gasteiger partial charge on any atom is 0.387 e. The number of ether oxygens (including phenoxy) is 2. The number of halogens is 3. The molecule has 1 unspecified atom stereocenters. The Morgan fingerprint density at radius 2 is 1.84 bits per heavy atom. The number of anilines is 1. The van der Waals surface area contributed by atoms with E-state index in [1.807, 2.05) is 25.1 Å². The molecule has 0 aliphatic carbocycles. The minimum absolute atomic E-state index is 0. The molecule has 0 bridgehead atoms. The summed E-state index contributed by atoms with van der Waals surface area (Å²) in [5, 5.41) is 6.60. The summed E-state index contributed by atoms with van der Waals surface area (Å²) in [6, 6.07) is 14.8. The van der Waals surface area contributed by atoms with Crippen molar-refractivity contribution in [3.8, 4) is 11.5 Å². The van der Waals surface area contributed by atoms with Crippen molar-refractivity contribution in [2.24, 2.45) is 10.9 Å². The van der Waals surface area contributed by atoms with Crippen LogP contribution in [-0.2, 0) is 6.54 Å². The van der Waals surface area contributed by atoms with Crippen molar-refractivity contribution in [3.63, 3.8) is 0 Å². The molecule has 1 heterocycles. The van der Waals surface area contributed by atoms with E-state index < -0.39 is 6.61 Å². The number of nitrogens with zero attached hydrogens (tertiary/aromatic N) is 2. The molecule has 1 aliphatic heterocycles. The van der Waals surface area contributed by atoms with Crippen molar-refractivity contribution in [1.29, 1.82) is 0 Å². The van der Waals surface area contributed by atoms with Crippen molar-refractivity contribution in [1.82, 2.24) is 10.6 Å². The Labute approximate surface area is 205 Å². The monoisotopic (exact) mass is 560 g/mol. The van der Waals surface area contributed by atoms with Gasteiger partial charge in [-0.05, 0) is 37.5 Å². The lowest BCUT2D eigenvalue weighted by Gasteiger charge is -2.21. The average molecular weight is 560 g/mol. The van der Waals surface area contributed by atoms with Gasteiger partial charge in [-0.3, -0.25) is 0 Å². The van der Waals surface area contributed by atoms with Crippen LogP contribution in [0.3, 0.4) is 0 Å². The highest BCUT2D eigenvalue weighted by Crippen LogP contribution is 2.31. The molecule has 0 saturated carbocycles. The summed E-state index contributed by atoms with van der Waals surface area (Å²) in [6.07, 6.45) is 1.06. The van der Waals surface area contributed by atoms with Gasteiger partial charge in [0.1, 0.15) is 11.5 Å². The van der Waals surface area contributed by atoms with E-state index in [0.717, 1.165) is 37.5 Å². The Bertz CT molecular complexity index is 869. The first-order valence-electron chi connectivity index (χ1n) is 10.5. The van der Waals surface area contributed by atoms with Crippen LogP contribution in [-0.4, -0.2) is 45.9 Å². The van der Waals surface area contributed by atoms with E-state index >= 15 is 0 Å². The summed E-state index contributed by atoms with van der Waals surface area (Å²) in [5.74, 6) is 2.16. The molecule has 1 aliphatic rings. The van der Waals surface area contributed by atoms with E-state index in [-0.39, 0.29) is 36.3 Å². The first kappa shape index (κ1) is 26.0. The maximum atomic E-state index is 12.6. The van der Waals surface area contributed by atoms with Crippen LogP contribution in [0.4, 0.5) is 14.5 Å². The third-order valence-corrected chi connectivity index (χ3v) is 5.21. The number of methoxy groups -OCH3 is 1. The van der Waals surface area contributed by atoms with Crippen LogP contribution < -0.4 is 25.0 Å². The fourth-order valence-electron chi connectivity index (χ4n) is 3.70. The molecular formula is C23H31F2IN4O2. The van der Waals surface area contributed by atoms with Gasteiger partial charge < -0.3 is 25.0 Å². The van der Waals surface area contributed by atoms with Gasteiger partial charge in [-0.25, -0.2) is 4.99 Å². The molecule has 2 N–H and O–H groups in total. The molecule has 1 saturated heterocycles. The molecule has 2 aromatic rings. The predicted molar refractivity (Wildman–Crippen MR) is 135 cm³/mol. The lowest BCUT2D eigenvalue weighted by Crippen LogP contribution is -2.40. The molecule has 6 nitrogen and oxygen atoms in total. The van der Waals surface area contributed by atoms with Gasteiger partial charge in [-0.2, -0.15) is 8.78 Å². The summed E-state index contributed by atoms with van der Waals surface area (Å²) in [7, 11) is 1.69. The summed E-state index contributed by atoms with van der Waals surface area (Å²) in [4.78, 5) is 6.89. The van der Waals surface area contributed by atoms with Crippen molar-refractivity contribution in [3.05, 3.63) is 54.1 Å². The Morgan fingerprint density at radius 3 is 2.56 bits per heavy atom. The molecule has 32 heavy (non-hydrogen) atoms. The number of alkyl halides is 2. The first-order valence-corrected chi connectivity index (χ1v) is 10.5. The quantitative estimate of drug-likeness (QED) is 0.269. The first-order chi connectivity index (χ1) is 15.1. The number of nitrogens with one attached hydrogen (secondary N) is 2. The minimum Gasteiger partial charge on any atom is -0.495 e. The zero-order valence-electron chi connectivity index (χ0n) is 18.4. The normalized spacial score (nSPS) is 16.0. The average Bonchev–Trinajstić information content (AvgIpc) is 3.25. The number of guanidine groups is 1. The van der Waals surface area contributed by atoms with Crippen molar-refractivity contribution >= 4 is 35.6 Å². The third-order valence-electron chi connectivity index (χ3n) is 5.21.